The van der Waals surface area contributed by atoms with Crippen LogP contribution in [0.4, 0.5) is 14.6 Å². The van der Waals surface area contributed by atoms with Crippen molar-refractivity contribution in [3.8, 4) is 11.3 Å². The van der Waals surface area contributed by atoms with E-state index < -0.39 is 6.43 Å². The molecule has 4 heterocycles. The summed E-state index contributed by atoms with van der Waals surface area (Å²) in [4.78, 5) is 10.8. The molecule has 1 atom stereocenters. The molecular weight excluding hydrogens is 356 g/mol. The van der Waals surface area contributed by atoms with Crippen molar-refractivity contribution in [2.24, 2.45) is 0 Å². The molecule has 9 heteroatoms. The van der Waals surface area contributed by atoms with Gasteiger partial charge in [-0.15, -0.1) is 0 Å². The van der Waals surface area contributed by atoms with Gasteiger partial charge in [-0.25, -0.2) is 23.3 Å². The van der Waals surface area contributed by atoms with Gasteiger partial charge in [0.15, 0.2) is 5.65 Å². The zero-order chi connectivity index (χ0) is 18.8. The highest BCUT2D eigenvalue weighted by Crippen LogP contribution is 2.26. The largest absolute Gasteiger partial charge is 0.396 e. The van der Waals surface area contributed by atoms with Crippen molar-refractivity contribution in [2.45, 2.75) is 19.0 Å². The van der Waals surface area contributed by atoms with Gasteiger partial charge in [0.05, 0.1) is 24.6 Å². The summed E-state index contributed by atoms with van der Waals surface area (Å²) in [6.07, 6.45) is 1.18. The Balaban J connectivity index is 1.66. The molecule has 142 valence electrons. The van der Waals surface area contributed by atoms with Crippen molar-refractivity contribution in [3.05, 3.63) is 42.4 Å². The molecule has 1 saturated heterocycles. The molecule has 3 aromatic heterocycles. The molecule has 0 aromatic carbocycles. The molecule has 1 aliphatic rings. The van der Waals surface area contributed by atoms with Gasteiger partial charge in [-0.05, 0) is 30.7 Å². The van der Waals surface area contributed by atoms with Gasteiger partial charge in [0.2, 0.25) is 0 Å². The number of alkyl halides is 2. The van der Waals surface area contributed by atoms with Crippen LogP contribution in [0.2, 0.25) is 0 Å². The Hall–Kier alpha value is -2.65. The van der Waals surface area contributed by atoms with Crippen LogP contribution in [-0.4, -0.2) is 57.1 Å². The molecule has 1 fully saturated rings. The number of aliphatic hydroxyl groups is 1. The fraction of sp³-hybridized carbons (Fsp3) is 0.389. The van der Waals surface area contributed by atoms with E-state index in [9.17, 15) is 8.78 Å². The second-order valence-corrected chi connectivity index (χ2v) is 6.33. The number of ether oxygens (including phenoxy) is 1. The monoisotopic (exact) mass is 375 g/mol. The Kier molecular flexibility index (Phi) is 4.95. The first-order valence-electron chi connectivity index (χ1n) is 8.72. The van der Waals surface area contributed by atoms with Crippen LogP contribution in [0.1, 0.15) is 18.5 Å². The van der Waals surface area contributed by atoms with Gasteiger partial charge >= 0.3 is 0 Å². The van der Waals surface area contributed by atoms with Crippen LogP contribution in [0.15, 0.2) is 36.7 Å². The highest BCUT2D eigenvalue weighted by atomic mass is 19.3. The third kappa shape index (κ3) is 3.60. The minimum atomic E-state index is -2.64. The lowest BCUT2D eigenvalue weighted by Gasteiger charge is -2.33. The van der Waals surface area contributed by atoms with Crippen molar-refractivity contribution >= 4 is 11.5 Å². The number of rotatable bonds is 5. The van der Waals surface area contributed by atoms with Gasteiger partial charge in [-0.1, -0.05) is 0 Å². The summed E-state index contributed by atoms with van der Waals surface area (Å²) in [6.45, 7) is 1.97. The minimum Gasteiger partial charge on any atom is -0.396 e. The lowest BCUT2D eigenvalue weighted by Crippen LogP contribution is -2.43. The number of morpholine rings is 1. The van der Waals surface area contributed by atoms with E-state index in [0.29, 0.717) is 37.5 Å². The fourth-order valence-electron chi connectivity index (χ4n) is 3.20. The number of anilines is 1. The quantitative estimate of drug-likeness (QED) is 0.738. The van der Waals surface area contributed by atoms with E-state index in [1.807, 2.05) is 6.07 Å². The van der Waals surface area contributed by atoms with E-state index in [-0.39, 0.29) is 18.4 Å². The maximum absolute atomic E-state index is 13.0. The highest BCUT2D eigenvalue weighted by molar-refractivity contribution is 5.66. The van der Waals surface area contributed by atoms with Crippen molar-refractivity contribution in [3.63, 3.8) is 0 Å². The lowest BCUT2D eigenvalue weighted by molar-refractivity contribution is 0.0244. The second-order valence-electron chi connectivity index (χ2n) is 6.33. The van der Waals surface area contributed by atoms with Crippen LogP contribution in [0.3, 0.4) is 0 Å². The number of imidazole rings is 1. The average Bonchev–Trinajstić information content (AvgIpc) is 3.12. The maximum Gasteiger partial charge on any atom is 0.282 e. The lowest BCUT2D eigenvalue weighted by atomic mass is 10.1. The Morgan fingerprint density at radius 3 is 2.96 bits per heavy atom. The molecule has 27 heavy (non-hydrogen) atoms. The van der Waals surface area contributed by atoms with Gasteiger partial charge in [0.1, 0.15) is 11.5 Å². The van der Waals surface area contributed by atoms with Crippen LogP contribution in [-0.2, 0) is 4.74 Å². The Labute approximate surface area is 154 Å². The third-order valence-corrected chi connectivity index (χ3v) is 4.56. The van der Waals surface area contributed by atoms with Gasteiger partial charge in [-0.2, -0.15) is 5.10 Å². The van der Waals surface area contributed by atoms with Crippen molar-refractivity contribution < 1.29 is 18.6 Å². The number of nitrogens with zero attached hydrogens (tertiary/aromatic N) is 5. The summed E-state index contributed by atoms with van der Waals surface area (Å²) in [5, 5.41) is 13.1. The van der Waals surface area contributed by atoms with E-state index in [4.69, 9.17) is 9.84 Å². The summed E-state index contributed by atoms with van der Waals surface area (Å²) in [5.41, 5.74) is 1.62. The smallest absolute Gasteiger partial charge is 0.282 e. The zero-order valence-corrected chi connectivity index (χ0v) is 14.5. The molecule has 0 spiro atoms. The molecular formula is C18H19F2N5O2. The molecule has 1 aliphatic heterocycles. The molecule has 1 N–H and O–H groups in total. The number of halogens is 2. The van der Waals surface area contributed by atoms with Crippen molar-refractivity contribution in [1.82, 2.24) is 19.6 Å². The molecule has 0 radical (unpaired) electrons. The fourth-order valence-corrected chi connectivity index (χ4v) is 3.20. The zero-order valence-electron chi connectivity index (χ0n) is 14.5. The van der Waals surface area contributed by atoms with Crippen LogP contribution in [0.25, 0.3) is 16.9 Å². The van der Waals surface area contributed by atoms with Gasteiger partial charge in [0.25, 0.3) is 6.43 Å². The number of hydrogen-bond acceptors (Lipinski definition) is 6. The first kappa shape index (κ1) is 17.7. The maximum atomic E-state index is 13.0. The van der Waals surface area contributed by atoms with E-state index in [2.05, 4.69) is 20.0 Å². The average molecular weight is 375 g/mol. The van der Waals surface area contributed by atoms with Crippen molar-refractivity contribution in [1.29, 1.82) is 0 Å². The summed E-state index contributed by atoms with van der Waals surface area (Å²) >= 11 is 0. The standard InChI is InChI=1S/C18H19F2N5O2/c19-18(20)14-1-2-16-22-10-15(25(16)23-14)12-3-5-21-17(9-12)24-6-8-27-13(11-24)4-7-26/h1-3,5,9-10,13,18,26H,4,6-8,11H2. The normalized spacial score (nSPS) is 17.8. The van der Waals surface area contributed by atoms with Crippen LogP contribution < -0.4 is 4.90 Å². The van der Waals surface area contributed by atoms with Crippen LogP contribution >= 0.6 is 0 Å². The summed E-state index contributed by atoms with van der Waals surface area (Å²) < 4.78 is 33.1. The van der Waals surface area contributed by atoms with E-state index in [0.717, 1.165) is 11.4 Å². The highest BCUT2D eigenvalue weighted by Gasteiger charge is 2.22. The Bertz CT molecular complexity index is 931. The number of hydrogen-bond donors (Lipinski definition) is 1. The Morgan fingerprint density at radius 1 is 1.26 bits per heavy atom. The van der Waals surface area contributed by atoms with E-state index in [1.54, 1.807) is 18.5 Å². The summed E-state index contributed by atoms with van der Waals surface area (Å²) in [7, 11) is 0. The first-order valence-corrected chi connectivity index (χ1v) is 8.72. The SMILES string of the molecule is OCCC1CN(c2cc(-c3cnc4ccc(C(F)F)nn34)ccn2)CCO1. The first-order chi connectivity index (χ1) is 13.2. The minimum absolute atomic E-state index is 0.0414. The molecule has 0 aliphatic carbocycles. The predicted molar refractivity (Wildman–Crippen MR) is 94.8 cm³/mol. The summed E-state index contributed by atoms with van der Waals surface area (Å²) in [5.74, 6) is 0.763. The predicted octanol–water partition coefficient (Wildman–Crippen LogP) is 2.32. The van der Waals surface area contributed by atoms with Gasteiger partial charge in [0, 0.05) is 31.5 Å². The number of fused-ring (bicyclic) bond motifs is 1. The second kappa shape index (κ2) is 7.53. The van der Waals surface area contributed by atoms with Gasteiger partial charge in [-0.3, -0.25) is 0 Å². The van der Waals surface area contributed by atoms with Gasteiger partial charge < -0.3 is 14.7 Å². The Morgan fingerprint density at radius 2 is 2.15 bits per heavy atom. The molecule has 0 bridgehead atoms. The topological polar surface area (TPSA) is 75.8 Å². The number of aliphatic hydroxyl groups excluding tert-OH is 1. The van der Waals surface area contributed by atoms with Crippen LogP contribution in [0, 0.1) is 0 Å². The number of pyridine rings is 1. The van der Waals surface area contributed by atoms with Crippen molar-refractivity contribution in [2.75, 3.05) is 31.2 Å². The summed E-state index contributed by atoms with van der Waals surface area (Å²) in [6, 6.07) is 6.50. The molecule has 7 nitrogen and oxygen atoms in total. The third-order valence-electron chi connectivity index (χ3n) is 4.56. The van der Waals surface area contributed by atoms with Crippen LogP contribution in [0.5, 0.6) is 0 Å². The molecule has 0 saturated carbocycles. The van der Waals surface area contributed by atoms with E-state index in [1.165, 1.54) is 16.6 Å². The molecule has 1 unspecified atom stereocenters. The molecule has 4 rings (SSSR count). The molecule has 3 aromatic rings. The molecule has 0 amide bonds. The number of aromatic nitrogens is 4. The van der Waals surface area contributed by atoms with E-state index >= 15 is 0 Å².